The van der Waals surface area contributed by atoms with E-state index in [9.17, 15) is 19.5 Å². The minimum atomic E-state index is -1.14. The molecule has 4 heterocycles. The lowest BCUT2D eigenvalue weighted by Crippen LogP contribution is -2.48. The molecule has 284 valence electrons. The van der Waals surface area contributed by atoms with Crippen LogP contribution in [0.4, 0.5) is 5.69 Å². The van der Waals surface area contributed by atoms with Crippen molar-refractivity contribution in [2.45, 2.75) is 103 Å². The molecule has 1 saturated carbocycles. The molecule has 3 aliphatic rings. The largest absolute Gasteiger partial charge is 0.496 e. The van der Waals surface area contributed by atoms with Crippen molar-refractivity contribution in [2.75, 3.05) is 19.0 Å². The molecule has 2 N–H and O–H groups in total. The van der Waals surface area contributed by atoms with Crippen LogP contribution in [0.1, 0.15) is 88.0 Å². The first-order valence-corrected chi connectivity index (χ1v) is 20.0. The van der Waals surface area contributed by atoms with Crippen LogP contribution in [-0.2, 0) is 14.4 Å². The first-order valence-electron chi connectivity index (χ1n) is 19.1. The number of hydrogen-bond acceptors (Lipinski definition) is 9. The van der Waals surface area contributed by atoms with Gasteiger partial charge in [-0.25, -0.2) is 9.97 Å². The topological polar surface area (TPSA) is 131 Å². The number of anilines is 1. The minimum Gasteiger partial charge on any atom is -0.496 e. The van der Waals surface area contributed by atoms with Crippen molar-refractivity contribution in [2.24, 2.45) is 11.3 Å². The number of aryl methyl sites for hydroxylation is 2. The number of thiazole rings is 1. The van der Waals surface area contributed by atoms with Gasteiger partial charge in [0.15, 0.2) is 5.78 Å². The number of methoxy groups -OCH3 is 1. The Balaban J connectivity index is 1.25. The molecule has 0 radical (unpaired) electrons. The predicted octanol–water partition coefficient (Wildman–Crippen LogP) is 8.51. The van der Waals surface area contributed by atoms with Gasteiger partial charge in [0.1, 0.15) is 34.3 Å². The zero-order chi connectivity index (χ0) is 38.1. The molecule has 1 aliphatic carbocycles. The summed E-state index contributed by atoms with van der Waals surface area (Å²) in [4.78, 5) is 53.3. The number of ether oxygens (including phenoxy) is 2. The average Bonchev–Trinajstić information content (AvgIpc) is 3.44. The van der Waals surface area contributed by atoms with Crippen LogP contribution in [-0.4, -0.2) is 69.5 Å². The van der Waals surface area contributed by atoms with E-state index in [0.29, 0.717) is 30.0 Å². The smallest absolute Gasteiger partial charge is 0.310 e. The lowest BCUT2D eigenvalue weighted by atomic mass is 9.92. The molecule has 0 bridgehead atoms. The summed E-state index contributed by atoms with van der Waals surface area (Å²) in [5.74, 6) is -0.00593. The van der Waals surface area contributed by atoms with Crippen LogP contribution in [0.3, 0.4) is 0 Å². The predicted molar refractivity (Wildman–Crippen MR) is 211 cm³/mol. The maximum atomic E-state index is 14.7. The maximum absolute atomic E-state index is 14.7. The van der Waals surface area contributed by atoms with Crippen LogP contribution >= 0.6 is 11.3 Å². The van der Waals surface area contributed by atoms with Crippen LogP contribution in [0, 0.1) is 25.2 Å². The first kappa shape index (κ1) is 37.5. The monoisotopic (exact) mass is 750 g/mol. The van der Waals surface area contributed by atoms with Gasteiger partial charge < -0.3 is 24.8 Å². The quantitative estimate of drug-likeness (QED) is 0.170. The molecular formula is C43H50N4O6S. The van der Waals surface area contributed by atoms with Gasteiger partial charge in [-0.05, 0) is 81.2 Å². The van der Waals surface area contributed by atoms with Gasteiger partial charge in [-0.2, -0.15) is 0 Å². The second-order valence-corrected chi connectivity index (χ2v) is 16.4. The van der Waals surface area contributed by atoms with E-state index in [0.717, 1.165) is 64.1 Å². The van der Waals surface area contributed by atoms with Gasteiger partial charge in [0.05, 0.1) is 36.3 Å². The van der Waals surface area contributed by atoms with E-state index in [2.05, 4.69) is 30.6 Å². The van der Waals surface area contributed by atoms with Crippen LogP contribution in [0.2, 0.25) is 0 Å². The third-order valence-corrected chi connectivity index (χ3v) is 12.2. The number of pyridine rings is 1. The highest BCUT2D eigenvalue weighted by atomic mass is 32.1. The van der Waals surface area contributed by atoms with Crippen molar-refractivity contribution in [1.29, 1.82) is 0 Å². The zero-order valence-electron chi connectivity index (χ0n) is 31.8. The summed E-state index contributed by atoms with van der Waals surface area (Å²) in [5.41, 5.74) is 4.03. The Morgan fingerprint density at radius 1 is 1.07 bits per heavy atom. The molecule has 1 amide bonds. The lowest BCUT2D eigenvalue weighted by Gasteiger charge is -2.29. The summed E-state index contributed by atoms with van der Waals surface area (Å²) in [6.07, 6.45) is 8.24. The average molecular weight is 751 g/mol. The highest BCUT2D eigenvalue weighted by molar-refractivity contribution is 7.13. The molecule has 5 atom stereocenters. The van der Waals surface area contributed by atoms with Crippen molar-refractivity contribution in [3.8, 4) is 22.2 Å². The van der Waals surface area contributed by atoms with Gasteiger partial charge in [0, 0.05) is 40.9 Å². The van der Waals surface area contributed by atoms with Crippen molar-refractivity contribution >= 4 is 45.6 Å². The molecule has 2 fully saturated rings. The first-order chi connectivity index (χ1) is 26.0. The maximum Gasteiger partial charge on any atom is 0.310 e. The number of carboxylic acids is 1. The Morgan fingerprint density at radius 3 is 2.65 bits per heavy atom. The molecule has 7 rings (SSSR count). The number of Topliss-reactive ketones (excluding diaryl/α,β-unsaturated/α-hetero) is 1. The Kier molecular flexibility index (Phi) is 10.8. The Bertz CT molecular complexity index is 2090. The number of rotatable bonds is 8. The summed E-state index contributed by atoms with van der Waals surface area (Å²) < 4.78 is 12.5. The fraction of sp³-hybridized carbons (Fsp3) is 0.465. The number of benzene rings is 2. The molecule has 2 aromatic carbocycles. The molecule has 0 spiro atoms. The molecule has 2 aromatic heterocycles. The number of aliphatic carboxylic acids is 1. The van der Waals surface area contributed by atoms with Gasteiger partial charge in [-0.15, -0.1) is 11.3 Å². The molecule has 1 saturated heterocycles. The van der Waals surface area contributed by atoms with Crippen molar-refractivity contribution in [1.82, 2.24) is 14.9 Å². The van der Waals surface area contributed by atoms with Gasteiger partial charge in [-0.1, -0.05) is 51.0 Å². The van der Waals surface area contributed by atoms with Crippen molar-refractivity contribution in [3.63, 3.8) is 0 Å². The zero-order valence-corrected chi connectivity index (χ0v) is 32.6. The van der Waals surface area contributed by atoms with E-state index in [4.69, 9.17) is 19.4 Å². The van der Waals surface area contributed by atoms with Gasteiger partial charge in [-0.3, -0.25) is 14.4 Å². The normalized spacial score (nSPS) is 25.4. The second kappa shape index (κ2) is 15.5. The van der Waals surface area contributed by atoms with E-state index in [1.807, 2.05) is 62.4 Å². The number of ketones is 1. The van der Waals surface area contributed by atoms with E-state index < -0.39 is 29.6 Å². The summed E-state index contributed by atoms with van der Waals surface area (Å²) >= 11 is 1.53. The molecule has 4 aromatic rings. The number of amides is 1. The Hall–Kier alpha value is -4.77. The summed E-state index contributed by atoms with van der Waals surface area (Å²) in [7, 11) is 1.63. The number of carbonyl (C=O) groups excluding carboxylic acids is 2. The lowest BCUT2D eigenvalue weighted by molar-refractivity contribution is -0.147. The Morgan fingerprint density at radius 2 is 1.91 bits per heavy atom. The van der Waals surface area contributed by atoms with Crippen LogP contribution in [0.25, 0.3) is 21.6 Å². The SMILES string of the molecule is COc1ccc2c(O[C@@H]3C[C@H]4C(=O)C[C@]5(C(=O)O)C[C@@H]5/C=C\CCCCC[C@H](Nc5cccc(C)c5)C(=O)N4C3)cc(-c3nc(C(C)C)cs3)nc2c1C. The second-order valence-electron chi connectivity index (χ2n) is 15.6. The number of aromatic nitrogens is 2. The third-order valence-electron chi connectivity index (χ3n) is 11.3. The molecule has 0 unspecified atom stereocenters. The van der Waals surface area contributed by atoms with Crippen molar-refractivity contribution < 1.29 is 29.0 Å². The van der Waals surface area contributed by atoms with E-state index in [1.54, 1.807) is 12.0 Å². The molecule has 54 heavy (non-hydrogen) atoms. The van der Waals surface area contributed by atoms with E-state index in [-0.39, 0.29) is 42.9 Å². The minimum absolute atomic E-state index is 0.127. The number of carboxylic acid groups (broad SMARTS) is 1. The van der Waals surface area contributed by atoms with Crippen LogP contribution in [0.15, 0.2) is 60.0 Å². The molecule has 2 aliphatic heterocycles. The number of allylic oxidation sites excluding steroid dienone is 2. The standard InChI is InChI=1S/C43H50N4O6S/c1-25(2)34-24-54-40(46-34)33-20-38(31-16-17-37(52-5)27(4)39(31)45-33)53-30-19-35-36(48)22-43(42(50)51)21-28(43)13-9-7-6-8-10-15-32(41(49)47(35)23-30)44-29-14-11-12-26(3)18-29/h9,11-14,16-18,20,24-25,28,30,32,35,44H,6-8,10,15,19,21-23H2,1-5H3,(H,50,51)/b13-9-/t28-,30+,32-,35-,43+/m0/s1. The van der Waals surface area contributed by atoms with Gasteiger partial charge in [0.25, 0.3) is 0 Å². The van der Waals surface area contributed by atoms with Crippen LogP contribution in [0.5, 0.6) is 11.5 Å². The summed E-state index contributed by atoms with van der Waals surface area (Å²) in [6, 6.07) is 12.3. The van der Waals surface area contributed by atoms with Gasteiger partial charge >= 0.3 is 5.97 Å². The molecule has 10 nitrogen and oxygen atoms in total. The number of fused-ring (bicyclic) bond motifs is 3. The Labute approximate surface area is 321 Å². The summed E-state index contributed by atoms with van der Waals surface area (Å²) in [5, 5.41) is 17.5. The van der Waals surface area contributed by atoms with Crippen molar-refractivity contribution in [3.05, 3.63) is 76.8 Å². The number of carbonyl (C=O) groups is 3. The fourth-order valence-electron chi connectivity index (χ4n) is 8.07. The number of nitrogens with one attached hydrogen (secondary N) is 1. The van der Waals surface area contributed by atoms with E-state index in [1.165, 1.54) is 11.3 Å². The fourth-order valence-corrected chi connectivity index (χ4v) is 9.01. The highest BCUT2D eigenvalue weighted by Crippen LogP contribution is 2.57. The highest BCUT2D eigenvalue weighted by Gasteiger charge is 2.61. The number of nitrogens with zero attached hydrogens (tertiary/aromatic N) is 3. The number of hydrogen-bond donors (Lipinski definition) is 2. The third kappa shape index (κ3) is 7.60. The van der Waals surface area contributed by atoms with Gasteiger partial charge in [0.2, 0.25) is 5.91 Å². The molecular weight excluding hydrogens is 701 g/mol. The molecule has 11 heteroatoms. The summed E-state index contributed by atoms with van der Waals surface area (Å²) in [6.45, 7) is 8.38. The van der Waals surface area contributed by atoms with Crippen LogP contribution < -0.4 is 14.8 Å². The van der Waals surface area contributed by atoms with E-state index >= 15 is 0 Å².